The van der Waals surface area contributed by atoms with Crippen molar-refractivity contribution in [3.8, 4) is 5.75 Å². The van der Waals surface area contributed by atoms with Gasteiger partial charge >= 0.3 is 5.97 Å². The number of aryl methyl sites for hydroxylation is 1. The summed E-state index contributed by atoms with van der Waals surface area (Å²) in [7, 11) is -3.67. The van der Waals surface area contributed by atoms with E-state index < -0.39 is 34.2 Å². The quantitative estimate of drug-likeness (QED) is 0.398. The van der Waals surface area contributed by atoms with Crippen LogP contribution < -0.4 is 9.03 Å². The lowest BCUT2D eigenvalue weighted by atomic mass is 9.86. The third kappa shape index (κ3) is 4.88. The highest BCUT2D eigenvalue weighted by atomic mass is 32.3. The predicted molar refractivity (Wildman–Crippen MR) is 118 cm³/mol. The van der Waals surface area contributed by atoms with Crippen LogP contribution in [0, 0.1) is 11.2 Å². The standard InChI is InChI=1S/C21H29FN2O6S/c1-4-30-20(27)21(2,3)9-5-6-13-7-8-14-11-16(25)19(18(22)15(14)10-13)24-12-17(26)23-31(24,28)29/h7-8,10-11,17,23,25-26,28-29H,4-6,9,12H2,1-3H3. The zero-order valence-electron chi connectivity index (χ0n) is 17.8. The minimum Gasteiger partial charge on any atom is -0.506 e. The van der Waals surface area contributed by atoms with Crippen molar-refractivity contribution in [2.45, 2.75) is 46.3 Å². The molecule has 0 aliphatic carbocycles. The third-order valence-electron chi connectivity index (χ3n) is 5.38. The van der Waals surface area contributed by atoms with Gasteiger partial charge in [0.15, 0.2) is 5.82 Å². The highest BCUT2D eigenvalue weighted by Crippen LogP contribution is 2.51. The molecule has 0 spiro atoms. The van der Waals surface area contributed by atoms with Gasteiger partial charge in [-0.2, -0.15) is 4.72 Å². The molecule has 1 atom stereocenters. The maximum absolute atomic E-state index is 15.4. The van der Waals surface area contributed by atoms with Gasteiger partial charge in [-0.1, -0.05) is 23.1 Å². The van der Waals surface area contributed by atoms with Crippen molar-refractivity contribution in [3.63, 3.8) is 0 Å². The van der Waals surface area contributed by atoms with Gasteiger partial charge < -0.3 is 14.9 Å². The summed E-state index contributed by atoms with van der Waals surface area (Å²) in [4.78, 5) is 12.0. The van der Waals surface area contributed by atoms with Crippen LogP contribution >= 0.6 is 11.0 Å². The Morgan fingerprint density at radius 1 is 1.35 bits per heavy atom. The second-order valence-electron chi connectivity index (χ2n) is 8.29. The van der Waals surface area contributed by atoms with E-state index in [2.05, 4.69) is 4.72 Å². The molecule has 1 heterocycles. The summed E-state index contributed by atoms with van der Waals surface area (Å²) >= 11 is 0. The molecule has 31 heavy (non-hydrogen) atoms. The third-order valence-corrected chi connectivity index (χ3v) is 6.92. The van der Waals surface area contributed by atoms with Crippen molar-refractivity contribution in [1.29, 1.82) is 0 Å². The number of phenolic OH excluding ortho intramolecular Hbond substituents is 1. The molecule has 1 aliphatic heterocycles. The fraction of sp³-hybridized carbons (Fsp3) is 0.476. The topological polar surface area (TPSA) is 122 Å². The fourth-order valence-electron chi connectivity index (χ4n) is 3.69. The number of aliphatic hydroxyl groups excluding tert-OH is 1. The van der Waals surface area contributed by atoms with E-state index >= 15 is 4.39 Å². The van der Waals surface area contributed by atoms with Crippen molar-refractivity contribution in [2.75, 3.05) is 17.5 Å². The summed E-state index contributed by atoms with van der Waals surface area (Å²) in [6.07, 6.45) is 0.625. The summed E-state index contributed by atoms with van der Waals surface area (Å²) in [5.74, 6) is -1.51. The largest absolute Gasteiger partial charge is 0.506 e. The van der Waals surface area contributed by atoms with Gasteiger partial charge in [0.05, 0.1) is 18.6 Å². The molecule has 1 fully saturated rings. The van der Waals surface area contributed by atoms with Crippen LogP contribution in [0.5, 0.6) is 5.75 Å². The Balaban J connectivity index is 1.84. The number of carbonyl (C=O) groups is 1. The average molecular weight is 457 g/mol. The maximum Gasteiger partial charge on any atom is 0.311 e. The van der Waals surface area contributed by atoms with Crippen LogP contribution in [0.25, 0.3) is 10.8 Å². The van der Waals surface area contributed by atoms with Gasteiger partial charge in [-0.3, -0.25) is 13.9 Å². The van der Waals surface area contributed by atoms with Crippen molar-refractivity contribution in [1.82, 2.24) is 4.72 Å². The number of hydrogen-bond acceptors (Lipinski definition) is 8. The first kappa shape index (κ1) is 23.6. The van der Waals surface area contributed by atoms with E-state index in [1.807, 2.05) is 19.9 Å². The molecular weight excluding hydrogens is 427 g/mol. The van der Waals surface area contributed by atoms with Crippen LogP contribution in [-0.4, -0.2) is 44.7 Å². The van der Waals surface area contributed by atoms with Crippen LogP contribution in [0.1, 0.15) is 39.2 Å². The summed E-state index contributed by atoms with van der Waals surface area (Å²) < 4.78 is 43.7. The van der Waals surface area contributed by atoms with Crippen LogP contribution in [0.4, 0.5) is 10.1 Å². The second-order valence-corrected chi connectivity index (χ2v) is 10.00. The van der Waals surface area contributed by atoms with E-state index in [0.29, 0.717) is 31.3 Å². The number of hydrogen-bond donors (Lipinski definition) is 5. The Labute approximate surface area is 182 Å². The molecule has 0 aromatic heterocycles. The number of rotatable bonds is 7. The zero-order valence-corrected chi connectivity index (χ0v) is 18.6. The molecule has 2 aromatic carbocycles. The number of ether oxygens (including phenoxy) is 1. The first-order valence-electron chi connectivity index (χ1n) is 10.1. The fourth-order valence-corrected chi connectivity index (χ4v) is 5.04. The Bertz CT molecular complexity index is 984. The lowest BCUT2D eigenvalue weighted by Gasteiger charge is -2.37. The van der Waals surface area contributed by atoms with E-state index in [-0.39, 0.29) is 23.6 Å². The summed E-state index contributed by atoms with van der Waals surface area (Å²) in [6.45, 7) is 5.46. The number of fused-ring (bicyclic) bond motifs is 1. The number of aliphatic hydroxyl groups is 1. The molecule has 1 aliphatic rings. The Kier molecular flexibility index (Phi) is 6.68. The van der Waals surface area contributed by atoms with Gasteiger partial charge in [-0.05, 0) is 63.1 Å². The number of esters is 1. The van der Waals surface area contributed by atoms with Crippen LogP contribution in [0.2, 0.25) is 0 Å². The molecule has 1 unspecified atom stereocenters. The summed E-state index contributed by atoms with van der Waals surface area (Å²) in [5.41, 5.74) is -0.152. The number of β-amino-alcohol motifs (C(OH)–C–C–N with tert-alkyl or cyclic N) is 1. The number of halogens is 1. The molecule has 0 saturated carbocycles. The first-order valence-corrected chi connectivity index (χ1v) is 11.6. The number of nitrogens with one attached hydrogen (secondary N) is 1. The number of aromatic hydroxyl groups is 1. The summed E-state index contributed by atoms with van der Waals surface area (Å²) in [6, 6.07) is 6.51. The van der Waals surface area contributed by atoms with Gasteiger partial charge in [0.2, 0.25) is 0 Å². The lowest BCUT2D eigenvalue weighted by molar-refractivity contribution is -0.153. The highest BCUT2D eigenvalue weighted by Gasteiger charge is 2.38. The van der Waals surface area contributed by atoms with Crippen LogP contribution in [-0.2, 0) is 16.0 Å². The smallest absolute Gasteiger partial charge is 0.311 e. The normalized spacial score (nSPS) is 19.6. The minimum absolute atomic E-state index is 0.214. The zero-order chi connectivity index (χ0) is 23.0. The maximum atomic E-state index is 15.4. The number of anilines is 1. The second kappa shape index (κ2) is 8.79. The van der Waals surface area contributed by atoms with E-state index in [1.54, 1.807) is 19.1 Å². The van der Waals surface area contributed by atoms with E-state index in [4.69, 9.17) is 4.74 Å². The molecule has 0 radical (unpaired) electrons. The number of nitrogens with zero attached hydrogens (tertiary/aromatic N) is 1. The van der Waals surface area contributed by atoms with Crippen LogP contribution in [0.15, 0.2) is 24.3 Å². The molecule has 5 N–H and O–H groups in total. The molecule has 8 nitrogen and oxygen atoms in total. The number of carbonyl (C=O) groups excluding carboxylic acids is 1. The van der Waals surface area contributed by atoms with Gasteiger partial charge in [0, 0.05) is 5.39 Å². The van der Waals surface area contributed by atoms with Crippen molar-refractivity contribution in [3.05, 3.63) is 35.6 Å². The molecule has 2 aromatic rings. The monoisotopic (exact) mass is 456 g/mol. The van der Waals surface area contributed by atoms with Crippen molar-refractivity contribution < 1.29 is 33.2 Å². The van der Waals surface area contributed by atoms with E-state index in [9.17, 15) is 24.1 Å². The van der Waals surface area contributed by atoms with Crippen molar-refractivity contribution >= 4 is 33.4 Å². The van der Waals surface area contributed by atoms with Crippen LogP contribution in [0.3, 0.4) is 0 Å². The predicted octanol–water partition coefficient (Wildman–Crippen LogP) is 3.91. The SMILES string of the molecule is CCOC(=O)C(C)(C)CCCc1ccc2cc(O)c(N3CC(O)NS3(O)O)c(F)c2c1. The Hall–Kier alpha value is -2.11. The highest BCUT2D eigenvalue weighted by molar-refractivity contribution is 8.24. The van der Waals surface area contributed by atoms with Gasteiger partial charge in [0.1, 0.15) is 17.7 Å². The molecular formula is C21H29FN2O6S. The Morgan fingerprint density at radius 3 is 2.68 bits per heavy atom. The molecule has 0 bridgehead atoms. The first-order chi connectivity index (χ1) is 14.5. The van der Waals surface area contributed by atoms with Crippen molar-refractivity contribution in [2.24, 2.45) is 5.41 Å². The number of phenols is 1. The van der Waals surface area contributed by atoms with Gasteiger partial charge in [-0.15, -0.1) is 0 Å². The summed E-state index contributed by atoms with van der Waals surface area (Å²) in [5, 5.41) is 20.7. The number of benzene rings is 2. The lowest BCUT2D eigenvalue weighted by Crippen LogP contribution is -2.26. The Morgan fingerprint density at radius 2 is 2.06 bits per heavy atom. The molecule has 3 rings (SSSR count). The molecule has 1 saturated heterocycles. The molecule has 10 heteroatoms. The minimum atomic E-state index is -3.67. The van der Waals surface area contributed by atoms with Gasteiger partial charge in [0.25, 0.3) is 0 Å². The molecule has 0 amide bonds. The van der Waals surface area contributed by atoms with Gasteiger partial charge in [-0.25, -0.2) is 8.70 Å². The average Bonchev–Trinajstić information content (AvgIpc) is 2.94. The van der Waals surface area contributed by atoms with E-state index in [0.717, 1.165) is 9.87 Å². The molecule has 172 valence electrons. The van der Waals surface area contributed by atoms with E-state index in [1.165, 1.54) is 6.07 Å².